The Bertz CT molecular complexity index is 448. The van der Waals surface area contributed by atoms with E-state index in [-0.39, 0.29) is 19.7 Å². The van der Waals surface area contributed by atoms with Gasteiger partial charge in [-0.05, 0) is 0 Å². The third-order valence-corrected chi connectivity index (χ3v) is 2.37. The highest BCUT2D eigenvalue weighted by Crippen LogP contribution is 1.96. The molecule has 1 rings (SSSR count). The maximum atomic E-state index is 11.8. The molecule has 112 valence electrons. The summed E-state index contributed by atoms with van der Waals surface area (Å²) in [5, 5.41) is 15.0. The van der Waals surface area contributed by atoms with E-state index in [4.69, 9.17) is 14.4 Å². The van der Waals surface area contributed by atoms with Crippen LogP contribution in [0.15, 0.2) is 4.52 Å². The van der Waals surface area contributed by atoms with Crippen LogP contribution >= 0.6 is 0 Å². The summed E-state index contributed by atoms with van der Waals surface area (Å²) < 4.78 is 9.63. The Balaban J connectivity index is 2.38. The maximum Gasteiger partial charge on any atom is 0.323 e. The number of ether oxygens (including phenoxy) is 1. The molecule has 0 atom stereocenters. The van der Waals surface area contributed by atoms with Gasteiger partial charge in [0.15, 0.2) is 5.82 Å². The normalized spacial score (nSPS) is 10.3. The summed E-state index contributed by atoms with van der Waals surface area (Å²) in [6, 6.07) is -0.468. The molecule has 2 amide bonds. The van der Waals surface area contributed by atoms with Crippen molar-refractivity contribution in [3.8, 4) is 0 Å². The lowest BCUT2D eigenvalue weighted by Gasteiger charge is -2.20. The van der Waals surface area contributed by atoms with Gasteiger partial charge in [0.2, 0.25) is 5.89 Å². The van der Waals surface area contributed by atoms with Gasteiger partial charge in [-0.2, -0.15) is 4.98 Å². The Morgan fingerprint density at radius 1 is 1.50 bits per heavy atom. The van der Waals surface area contributed by atoms with Crippen molar-refractivity contribution in [1.82, 2.24) is 20.4 Å². The van der Waals surface area contributed by atoms with Crippen LogP contribution in [0.25, 0.3) is 0 Å². The fourth-order valence-corrected chi connectivity index (χ4v) is 1.45. The standard InChI is InChI=1S/C11H18N4O5/c1-8-13-9(14-20-8)3-4-12-11(18)15(5-6-19-2)7-10(16)17/h3-7H2,1-2H3,(H,12,18)(H,16,17). The van der Waals surface area contributed by atoms with E-state index in [9.17, 15) is 9.59 Å². The summed E-state index contributed by atoms with van der Waals surface area (Å²) in [6.07, 6.45) is 0.411. The second kappa shape index (κ2) is 8.10. The van der Waals surface area contributed by atoms with E-state index in [0.29, 0.717) is 24.7 Å². The van der Waals surface area contributed by atoms with E-state index in [1.54, 1.807) is 6.92 Å². The Hall–Kier alpha value is -2.16. The average Bonchev–Trinajstić information content (AvgIpc) is 2.79. The minimum atomic E-state index is -1.08. The highest BCUT2D eigenvalue weighted by atomic mass is 16.5. The van der Waals surface area contributed by atoms with Gasteiger partial charge in [0.1, 0.15) is 6.54 Å². The monoisotopic (exact) mass is 286 g/mol. The molecular formula is C11H18N4O5. The van der Waals surface area contributed by atoms with Gasteiger partial charge >= 0.3 is 12.0 Å². The van der Waals surface area contributed by atoms with Gasteiger partial charge in [0, 0.05) is 33.5 Å². The summed E-state index contributed by atoms with van der Waals surface area (Å²) in [4.78, 5) is 27.6. The SMILES string of the molecule is COCCN(CC(=O)O)C(=O)NCCc1noc(C)n1. The number of aromatic nitrogens is 2. The van der Waals surface area contributed by atoms with Crippen LogP contribution in [0.4, 0.5) is 4.79 Å². The van der Waals surface area contributed by atoms with Gasteiger partial charge in [0.05, 0.1) is 6.61 Å². The number of amides is 2. The second-order valence-electron chi connectivity index (χ2n) is 4.02. The topological polar surface area (TPSA) is 118 Å². The first-order chi connectivity index (χ1) is 9.52. The number of urea groups is 1. The summed E-state index contributed by atoms with van der Waals surface area (Å²) in [5.74, 6) is -0.131. The van der Waals surface area contributed by atoms with Gasteiger partial charge in [0.25, 0.3) is 0 Å². The minimum Gasteiger partial charge on any atom is -0.480 e. The number of carboxylic acids is 1. The van der Waals surface area contributed by atoms with Crippen molar-refractivity contribution >= 4 is 12.0 Å². The molecule has 2 N–H and O–H groups in total. The van der Waals surface area contributed by atoms with Crippen LogP contribution in [0, 0.1) is 6.92 Å². The number of nitrogens with zero attached hydrogens (tertiary/aromatic N) is 3. The summed E-state index contributed by atoms with van der Waals surface area (Å²) in [7, 11) is 1.48. The van der Waals surface area contributed by atoms with Gasteiger partial charge in [-0.25, -0.2) is 4.79 Å². The molecule has 0 aliphatic heterocycles. The van der Waals surface area contributed by atoms with E-state index in [0.717, 1.165) is 4.90 Å². The van der Waals surface area contributed by atoms with Crippen molar-refractivity contribution in [2.75, 3.05) is 33.4 Å². The zero-order valence-corrected chi connectivity index (χ0v) is 11.5. The lowest BCUT2D eigenvalue weighted by molar-refractivity contribution is -0.137. The third kappa shape index (κ3) is 5.65. The summed E-state index contributed by atoms with van der Waals surface area (Å²) in [6.45, 7) is 2.06. The number of hydrogen-bond donors (Lipinski definition) is 2. The predicted molar refractivity (Wildman–Crippen MR) is 67.2 cm³/mol. The van der Waals surface area contributed by atoms with Crippen LogP contribution in [0.1, 0.15) is 11.7 Å². The number of carbonyl (C=O) groups excluding carboxylic acids is 1. The Labute approximate surface area is 115 Å². The minimum absolute atomic E-state index is 0.204. The molecule has 1 aromatic heterocycles. The molecule has 9 nitrogen and oxygen atoms in total. The maximum absolute atomic E-state index is 11.8. The van der Waals surface area contributed by atoms with Gasteiger partial charge in [-0.1, -0.05) is 5.16 Å². The van der Waals surface area contributed by atoms with E-state index >= 15 is 0 Å². The number of rotatable bonds is 8. The van der Waals surface area contributed by atoms with Crippen LogP contribution in [0.3, 0.4) is 0 Å². The fraction of sp³-hybridized carbons (Fsp3) is 0.636. The van der Waals surface area contributed by atoms with Crippen molar-refractivity contribution in [3.63, 3.8) is 0 Å². The molecular weight excluding hydrogens is 268 g/mol. The van der Waals surface area contributed by atoms with E-state index in [1.807, 2.05) is 0 Å². The van der Waals surface area contributed by atoms with Crippen molar-refractivity contribution in [2.24, 2.45) is 0 Å². The molecule has 0 fully saturated rings. The quantitative estimate of drug-likeness (QED) is 0.671. The number of aliphatic carboxylic acids is 1. The molecule has 20 heavy (non-hydrogen) atoms. The molecule has 0 spiro atoms. The van der Waals surface area contributed by atoms with Crippen molar-refractivity contribution < 1.29 is 24.0 Å². The molecule has 1 heterocycles. The summed E-state index contributed by atoms with van der Waals surface area (Å²) >= 11 is 0. The first-order valence-corrected chi connectivity index (χ1v) is 6.05. The highest BCUT2D eigenvalue weighted by molar-refractivity contribution is 5.80. The van der Waals surface area contributed by atoms with Crippen LogP contribution in [0.5, 0.6) is 0 Å². The summed E-state index contributed by atoms with van der Waals surface area (Å²) in [5.41, 5.74) is 0. The highest BCUT2D eigenvalue weighted by Gasteiger charge is 2.16. The molecule has 0 saturated heterocycles. The Kier molecular flexibility index (Phi) is 6.44. The largest absolute Gasteiger partial charge is 0.480 e. The van der Waals surface area contributed by atoms with E-state index in [1.165, 1.54) is 7.11 Å². The number of aryl methyl sites for hydroxylation is 1. The zero-order valence-electron chi connectivity index (χ0n) is 11.5. The van der Waals surface area contributed by atoms with E-state index < -0.39 is 12.0 Å². The Morgan fingerprint density at radius 3 is 2.80 bits per heavy atom. The van der Waals surface area contributed by atoms with Crippen LogP contribution < -0.4 is 5.32 Å². The number of carboxylic acid groups (broad SMARTS) is 1. The molecule has 1 aromatic rings. The second-order valence-corrected chi connectivity index (χ2v) is 4.02. The zero-order chi connectivity index (χ0) is 15.0. The first kappa shape index (κ1) is 15.9. The number of methoxy groups -OCH3 is 1. The van der Waals surface area contributed by atoms with Crippen LogP contribution in [0.2, 0.25) is 0 Å². The molecule has 0 unspecified atom stereocenters. The molecule has 0 aromatic carbocycles. The molecule has 0 saturated carbocycles. The Morgan fingerprint density at radius 2 is 2.25 bits per heavy atom. The van der Waals surface area contributed by atoms with Gasteiger partial charge < -0.3 is 24.6 Å². The van der Waals surface area contributed by atoms with Crippen molar-refractivity contribution in [1.29, 1.82) is 0 Å². The van der Waals surface area contributed by atoms with Crippen molar-refractivity contribution in [2.45, 2.75) is 13.3 Å². The van der Waals surface area contributed by atoms with Crippen molar-refractivity contribution in [3.05, 3.63) is 11.7 Å². The molecule has 0 aliphatic carbocycles. The first-order valence-electron chi connectivity index (χ1n) is 6.05. The lowest BCUT2D eigenvalue weighted by Crippen LogP contribution is -2.44. The molecule has 0 radical (unpaired) electrons. The molecule has 0 aliphatic rings. The number of hydrogen-bond acceptors (Lipinski definition) is 6. The molecule has 9 heteroatoms. The van der Waals surface area contributed by atoms with Gasteiger partial charge in [-0.15, -0.1) is 0 Å². The van der Waals surface area contributed by atoms with E-state index in [2.05, 4.69) is 15.5 Å². The van der Waals surface area contributed by atoms with Gasteiger partial charge in [-0.3, -0.25) is 4.79 Å². The fourth-order valence-electron chi connectivity index (χ4n) is 1.45. The predicted octanol–water partition coefficient (Wildman–Crippen LogP) is -0.337. The smallest absolute Gasteiger partial charge is 0.323 e. The van der Waals surface area contributed by atoms with Crippen LogP contribution in [-0.4, -0.2) is 65.5 Å². The molecule has 0 bridgehead atoms. The lowest BCUT2D eigenvalue weighted by atomic mass is 10.4. The average molecular weight is 286 g/mol. The number of nitrogens with one attached hydrogen (secondary N) is 1. The van der Waals surface area contributed by atoms with Crippen LogP contribution in [-0.2, 0) is 16.0 Å². The number of carbonyl (C=O) groups is 2. The third-order valence-electron chi connectivity index (χ3n) is 2.37.